The van der Waals surface area contributed by atoms with Crippen molar-refractivity contribution in [3.05, 3.63) is 0 Å². The molecule has 2 N–H and O–H groups in total. The Bertz CT molecular complexity index is 217. The van der Waals surface area contributed by atoms with Crippen molar-refractivity contribution in [2.75, 3.05) is 6.54 Å². The van der Waals surface area contributed by atoms with Crippen LogP contribution in [0.15, 0.2) is 0 Å². The second-order valence-electron chi connectivity index (χ2n) is 5.35. The molecule has 15 heavy (non-hydrogen) atoms. The van der Waals surface area contributed by atoms with Gasteiger partial charge in [-0.3, -0.25) is 5.43 Å². The van der Waals surface area contributed by atoms with Crippen LogP contribution < -0.4 is 5.43 Å². The fourth-order valence-electron chi connectivity index (χ4n) is 2.05. The van der Waals surface area contributed by atoms with Crippen molar-refractivity contribution in [1.29, 1.82) is 0 Å². The van der Waals surface area contributed by atoms with Gasteiger partial charge in [0.25, 0.3) is 0 Å². The molecule has 0 unspecified atom stereocenters. The van der Waals surface area contributed by atoms with Crippen LogP contribution in [0.4, 0.5) is 4.79 Å². The smallest absolute Gasteiger partial charge is 0.419 e. The van der Waals surface area contributed by atoms with Crippen molar-refractivity contribution in [2.45, 2.75) is 52.0 Å². The summed E-state index contributed by atoms with van der Waals surface area (Å²) in [5.74, 6) is 0.649. The normalized spacial score (nSPS) is 18.4. The summed E-state index contributed by atoms with van der Waals surface area (Å²) in [4.78, 5) is 10.7. The second-order valence-corrected chi connectivity index (χ2v) is 5.35. The predicted octanol–water partition coefficient (Wildman–Crippen LogP) is 2.46. The highest BCUT2D eigenvalue weighted by Crippen LogP contribution is 2.26. The van der Waals surface area contributed by atoms with Gasteiger partial charge in [0.15, 0.2) is 0 Å². The van der Waals surface area contributed by atoms with Crippen LogP contribution in [0, 0.1) is 5.92 Å². The van der Waals surface area contributed by atoms with E-state index >= 15 is 0 Å². The minimum Gasteiger partial charge on any atom is -0.464 e. The number of carboxylic acid groups (broad SMARTS) is 1. The molecule has 0 aromatic carbocycles. The molecule has 1 aliphatic rings. The van der Waals surface area contributed by atoms with Crippen LogP contribution in [0.2, 0.25) is 0 Å². The zero-order valence-electron chi connectivity index (χ0n) is 9.92. The van der Waals surface area contributed by atoms with Gasteiger partial charge in [0.2, 0.25) is 0 Å². The molecular weight excluding hydrogens is 192 g/mol. The van der Waals surface area contributed by atoms with E-state index in [0.29, 0.717) is 5.92 Å². The highest BCUT2D eigenvalue weighted by Gasteiger charge is 2.27. The largest absolute Gasteiger partial charge is 0.464 e. The maximum atomic E-state index is 10.7. The second kappa shape index (κ2) is 4.84. The summed E-state index contributed by atoms with van der Waals surface area (Å²) in [6.45, 7) is 6.91. The van der Waals surface area contributed by atoms with E-state index in [9.17, 15) is 4.79 Å². The number of carbonyl (C=O) groups is 1. The lowest BCUT2D eigenvalue weighted by atomic mass is 10.0. The summed E-state index contributed by atoms with van der Waals surface area (Å²) in [5.41, 5.74) is 2.34. The highest BCUT2D eigenvalue weighted by atomic mass is 16.4. The van der Waals surface area contributed by atoms with Crippen LogP contribution in [0.3, 0.4) is 0 Å². The van der Waals surface area contributed by atoms with E-state index in [1.165, 1.54) is 25.7 Å². The Hall–Kier alpha value is -0.770. The molecule has 1 rings (SSSR count). The quantitative estimate of drug-likeness (QED) is 0.709. The van der Waals surface area contributed by atoms with E-state index in [1.807, 2.05) is 25.8 Å². The zero-order chi connectivity index (χ0) is 11.5. The Balaban J connectivity index is 2.51. The minimum absolute atomic E-state index is 0.152. The molecule has 0 atom stereocenters. The van der Waals surface area contributed by atoms with E-state index in [-0.39, 0.29) is 5.54 Å². The van der Waals surface area contributed by atoms with Crippen molar-refractivity contribution in [3.63, 3.8) is 0 Å². The van der Waals surface area contributed by atoms with Crippen LogP contribution in [0.1, 0.15) is 46.5 Å². The molecule has 0 aliphatic heterocycles. The number of hydrogen-bond acceptors (Lipinski definition) is 2. The van der Waals surface area contributed by atoms with Crippen LogP contribution in [0.25, 0.3) is 0 Å². The molecule has 0 saturated heterocycles. The third-order valence-corrected chi connectivity index (χ3v) is 2.96. The average Bonchev–Trinajstić information content (AvgIpc) is 2.53. The van der Waals surface area contributed by atoms with Crippen molar-refractivity contribution in [3.8, 4) is 0 Å². The SMILES string of the molecule is CC(C)(C)N(CC1CCCC1)NC(=O)O. The molecule has 4 nitrogen and oxygen atoms in total. The number of rotatable bonds is 3. The van der Waals surface area contributed by atoms with Gasteiger partial charge in [0.05, 0.1) is 0 Å². The lowest BCUT2D eigenvalue weighted by Gasteiger charge is -2.36. The van der Waals surface area contributed by atoms with Gasteiger partial charge in [0, 0.05) is 12.1 Å². The molecule has 0 radical (unpaired) electrons. The minimum atomic E-state index is -0.970. The molecule has 0 aromatic rings. The van der Waals surface area contributed by atoms with Crippen LogP contribution in [0.5, 0.6) is 0 Å². The lowest BCUT2D eigenvalue weighted by molar-refractivity contribution is 0.0535. The Morgan fingerprint density at radius 3 is 2.33 bits per heavy atom. The van der Waals surface area contributed by atoms with Gasteiger partial charge in [-0.15, -0.1) is 0 Å². The van der Waals surface area contributed by atoms with Gasteiger partial charge < -0.3 is 5.11 Å². The van der Waals surface area contributed by atoms with Gasteiger partial charge >= 0.3 is 6.09 Å². The number of hydrazine groups is 1. The number of nitrogens with one attached hydrogen (secondary N) is 1. The summed E-state index contributed by atoms with van der Waals surface area (Å²) in [5, 5.41) is 10.6. The van der Waals surface area contributed by atoms with Crippen LogP contribution >= 0.6 is 0 Å². The van der Waals surface area contributed by atoms with Gasteiger partial charge in [-0.25, -0.2) is 9.80 Å². The monoisotopic (exact) mass is 214 g/mol. The first kappa shape index (κ1) is 12.3. The van der Waals surface area contributed by atoms with Crippen LogP contribution in [-0.2, 0) is 0 Å². The first-order valence-electron chi connectivity index (χ1n) is 5.67. The van der Waals surface area contributed by atoms with Crippen LogP contribution in [-0.4, -0.2) is 28.3 Å². The maximum absolute atomic E-state index is 10.7. The number of amides is 1. The van der Waals surface area contributed by atoms with E-state index in [4.69, 9.17) is 5.11 Å². The van der Waals surface area contributed by atoms with Crippen molar-refractivity contribution < 1.29 is 9.90 Å². The first-order chi connectivity index (χ1) is 6.89. The third-order valence-electron chi connectivity index (χ3n) is 2.96. The maximum Gasteiger partial charge on any atom is 0.419 e. The van der Waals surface area contributed by atoms with E-state index in [2.05, 4.69) is 5.43 Å². The average molecular weight is 214 g/mol. The lowest BCUT2D eigenvalue weighted by Crippen LogP contribution is -2.54. The fourth-order valence-corrected chi connectivity index (χ4v) is 2.05. The Labute approximate surface area is 91.6 Å². The molecule has 1 saturated carbocycles. The van der Waals surface area contributed by atoms with Crippen molar-refractivity contribution in [1.82, 2.24) is 10.4 Å². The molecule has 88 valence electrons. The molecule has 1 amide bonds. The Morgan fingerprint density at radius 1 is 1.40 bits per heavy atom. The van der Waals surface area contributed by atoms with Gasteiger partial charge in [-0.05, 0) is 39.5 Å². The summed E-state index contributed by atoms with van der Waals surface area (Å²) >= 11 is 0. The predicted molar refractivity (Wildman–Crippen MR) is 59.6 cm³/mol. The van der Waals surface area contributed by atoms with Gasteiger partial charge in [-0.2, -0.15) is 0 Å². The topological polar surface area (TPSA) is 52.6 Å². The molecule has 1 fully saturated rings. The number of hydrogen-bond donors (Lipinski definition) is 2. The fraction of sp³-hybridized carbons (Fsp3) is 0.909. The van der Waals surface area contributed by atoms with E-state index in [0.717, 1.165) is 6.54 Å². The standard InChI is InChI=1S/C11H22N2O2/c1-11(2,3)13(12-10(14)15)8-9-6-4-5-7-9/h9,12H,4-8H2,1-3H3,(H,14,15). The molecule has 0 bridgehead atoms. The molecular formula is C11H22N2O2. The van der Waals surface area contributed by atoms with Crippen molar-refractivity contribution >= 4 is 6.09 Å². The Kier molecular flexibility index (Phi) is 3.97. The molecule has 0 aromatic heterocycles. The molecule has 1 aliphatic carbocycles. The summed E-state index contributed by atoms with van der Waals surface area (Å²) in [6.07, 6.45) is 4.07. The number of nitrogens with zero attached hydrogens (tertiary/aromatic N) is 1. The van der Waals surface area contributed by atoms with E-state index in [1.54, 1.807) is 0 Å². The zero-order valence-corrected chi connectivity index (χ0v) is 9.92. The van der Waals surface area contributed by atoms with E-state index < -0.39 is 6.09 Å². The summed E-state index contributed by atoms with van der Waals surface area (Å²) in [6, 6.07) is 0. The molecule has 0 spiro atoms. The summed E-state index contributed by atoms with van der Waals surface area (Å²) in [7, 11) is 0. The molecule has 4 heteroatoms. The highest BCUT2D eigenvalue weighted by molar-refractivity contribution is 5.63. The van der Waals surface area contributed by atoms with Crippen molar-refractivity contribution in [2.24, 2.45) is 5.92 Å². The third kappa shape index (κ3) is 4.08. The summed E-state index contributed by atoms with van der Waals surface area (Å²) < 4.78 is 0. The molecule has 0 heterocycles. The first-order valence-corrected chi connectivity index (χ1v) is 5.67. The Morgan fingerprint density at radius 2 is 1.93 bits per heavy atom. The van der Waals surface area contributed by atoms with Gasteiger partial charge in [0.1, 0.15) is 0 Å². The van der Waals surface area contributed by atoms with Gasteiger partial charge in [-0.1, -0.05) is 12.8 Å².